The average Bonchev–Trinajstić information content (AvgIpc) is 2.65. The molecule has 0 aromatic carbocycles. The van der Waals surface area contributed by atoms with E-state index in [2.05, 4.69) is 32.7 Å². The highest BCUT2D eigenvalue weighted by atomic mass is 127. The average molecular weight is 328 g/mol. The lowest BCUT2D eigenvalue weighted by atomic mass is 10.1. The fraction of sp³-hybridized carbons (Fsp3) is 0.273. The lowest BCUT2D eigenvalue weighted by molar-refractivity contribution is 0.733. The molecule has 0 fully saturated rings. The Labute approximate surface area is 108 Å². The molecule has 0 spiro atoms. The second-order valence-electron chi connectivity index (χ2n) is 3.81. The summed E-state index contributed by atoms with van der Waals surface area (Å²) in [6.45, 7) is 1.99. The molecule has 2 heterocycles. The molecule has 2 aromatic heterocycles. The zero-order chi connectivity index (χ0) is 11.5. The van der Waals surface area contributed by atoms with Crippen molar-refractivity contribution in [1.29, 1.82) is 0 Å². The van der Waals surface area contributed by atoms with Crippen LogP contribution >= 0.6 is 22.6 Å². The molecule has 84 valence electrons. The highest BCUT2D eigenvalue weighted by molar-refractivity contribution is 14.1. The zero-order valence-corrected chi connectivity index (χ0v) is 11.1. The van der Waals surface area contributed by atoms with Crippen LogP contribution in [-0.2, 0) is 6.42 Å². The van der Waals surface area contributed by atoms with Crippen LogP contribution in [-0.4, -0.2) is 20.8 Å². The second-order valence-corrected chi connectivity index (χ2v) is 5.05. The molecule has 1 unspecified atom stereocenters. The van der Waals surface area contributed by atoms with Crippen molar-refractivity contribution in [3.63, 3.8) is 0 Å². The van der Waals surface area contributed by atoms with Crippen LogP contribution in [0.1, 0.15) is 12.5 Å². The maximum absolute atomic E-state index is 5.73. The van der Waals surface area contributed by atoms with Gasteiger partial charge >= 0.3 is 0 Å². The second kappa shape index (κ2) is 4.92. The summed E-state index contributed by atoms with van der Waals surface area (Å²) in [5.41, 5.74) is 6.88. The predicted molar refractivity (Wildman–Crippen MR) is 71.4 cm³/mol. The molecule has 0 radical (unpaired) electrons. The summed E-state index contributed by atoms with van der Waals surface area (Å²) in [4.78, 5) is 4.36. The van der Waals surface area contributed by atoms with E-state index in [0.717, 1.165) is 21.4 Å². The van der Waals surface area contributed by atoms with E-state index in [0.29, 0.717) is 0 Å². The number of pyridine rings is 1. The Kier molecular flexibility index (Phi) is 3.55. The maximum Gasteiger partial charge on any atom is 0.153 e. The van der Waals surface area contributed by atoms with Gasteiger partial charge in [-0.2, -0.15) is 5.10 Å². The van der Waals surface area contributed by atoms with Gasteiger partial charge in [0.25, 0.3) is 0 Å². The standard InChI is InChI=1S/C11H13IN4/c1-8(13)4-9-2-3-11(14-5-9)16-7-10(12)6-15-16/h2-3,5-8H,4,13H2,1H3. The normalized spacial score (nSPS) is 12.7. The van der Waals surface area contributed by atoms with E-state index in [-0.39, 0.29) is 6.04 Å². The third-order valence-corrected chi connectivity index (χ3v) is 2.71. The number of nitrogens with zero attached hydrogens (tertiary/aromatic N) is 3. The van der Waals surface area contributed by atoms with E-state index in [4.69, 9.17) is 5.73 Å². The molecule has 0 saturated heterocycles. The largest absolute Gasteiger partial charge is 0.328 e. The summed E-state index contributed by atoms with van der Waals surface area (Å²) in [5, 5.41) is 4.20. The molecule has 4 nitrogen and oxygen atoms in total. The van der Waals surface area contributed by atoms with Gasteiger partial charge in [-0.25, -0.2) is 9.67 Å². The van der Waals surface area contributed by atoms with Gasteiger partial charge in [0.1, 0.15) is 0 Å². The van der Waals surface area contributed by atoms with Crippen molar-refractivity contribution >= 4 is 22.6 Å². The Hall–Kier alpha value is -0.950. The third-order valence-electron chi connectivity index (χ3n) is 2.15. The van der Waals surface area contributed by atoms with E-state index in [1.54, 1.807) is 10.9 Å². The molecule has 1 atom stereocenters. The number of rotatable bonds is 3. The lowest BCUT2D eigenvalue weighted by Crippen LogP contribution is -2.17. The van der Waals surface area contributed by atoms with Crippen LogP contribution in [0.2, 0.25) is 0 Å². The van der Waals surface area contributed by atoms with Gasteiger partial charge in [-0.1, -0.05) is 6.07 Å². The van der Waals surface area contributed by atoms with Gasteiger partial charge < -0.3 is 5.73 Å². The van der Waals surface area contributed by atoms with E-state index >= 15 is 0 Å². The Morgan fingerprint density at radius 3 is 2.75 bits per heavy atom. The first kappa shape index (κ1) is 11.5. The van der Waals surface area contributed by atoms with Crippen molar-refractivity contribution in [2.75, 3.05) is 0 Å². The topological polar surface area (TPSA) is 56.7 Å². The Morgan fingerprint density at radius 2 is 2.25 bits per heavy atom. The van der Waals surface area contributed by atoms with Gasteiger partial charge in [0.2, 0.25) is 0 Å². The molecule has 2 aromatic rings. The molecule has 0 aliphatic rings. The zero-order valence-electron chi connectivity index (χ0n) is 8.97. The summed E-state index contributed by atoms with van der Waals surface area (Å²) in [6, 6.07) is 4.17. The number of nitrogens with two attached hydrogens (primary N) is 1. The summed E-state index contributed by atoms with van der Waals surface area (Å²) < 4.78 is 2.86. The van der Waals surface area contributed by atoms with Crippen LogP contribution in [0, 0.1) is 3.57 Å². The van der Waals surface area contributed by atoms with Crippen LogP contribution in [0.4, 0.5) is 0 Å². The van der Waals surface area contributed by atoms with Crippen LogP contribution < -0.4 is 5.73 Å². The molecule has 16 heavy (non-hydrogen) atoms. The quantitative estimate of drug-likeness (QED) is 0.874. The van der Waals surface area contributed by atoms with E-state index < -0.39 is 0 Å². The van der Waals surface area contributed by atoms with Crippen LogP contribution in [0.15, 0.2) is 30.7 Å². The number of hydrogen-bond acceptors (Lipinski definition) is 3. The first-order chi connectivity index (χ1) is 7.65. The minimum Gasteiger partial charge on any atom is -0.328 e. The van der Waals surface area contributed by atoms with Gasteiger partial charge in [-0.05, 0) is 47.6 Å². The van der Waals surface area contributed by atoms with Gasteiger partial charge in [0.15, 0.2) is 5.82 Å². The summed E-state index contributed by atoms with van der Waals surface area (Å²) in [5.74, 6) is 0.830. The number of hydrogen-bond donors (Lipinski definition) is 1. The molecule has 0 aliphatic heterocycles. The first-order valence-corrected chi connectivity index (χ1v) is 6.14. The van der Waals surface area contributed by atoms with E-state index in [9.17, 15) is 0 Å². The fourth-order valence-corrected chi connectivity index (χ4v) is 1.86. The highest BCUT2D eigenvalue weighted by Gasteiger charge is 2.02. The molecule has 2 rings (SSSR count). The first-order valence-electron chi connectivity index (χ1n) is 5.06. The van der Waals surface area contributed by atoms with Crippen LogP contribution in [0.25, 0.3) is 5.82 Å². The minimum absolute atomic E-state index is 0.165. The summed E-state index contributed by atoms with van der Waals surface area (Å²) >= 11 is 2.22. The minimum atomic E-state index is 0.165. The number of halogens is 1. The Morgan fingerprint density at radius 1 is 1.44 bits per heavy atom. The molecule has 0 saturated carbocycles. The highest BCUT2D eigenvalue weighted by Crippen LogP contribution is 2.09. The molecular formula is C11H13IN4. The fourth-order valence-electron chi connectivity index (χ4n) is 1.47. The van der Waals surface area contributed by atoms with E-state index in [1.807, 2.05) is 31.5 Å². The monoisotopic (exact) mass is 328 g/mol. The summed E-state index contributed by atoms with van der Waals surface area (Å²) in [7, 11) is 0. The molecule has 0 aliphatic carbocycles. The van der Waals surface area contributed by atoms with Gasteiger partial charge in [-0.15, -0.1) is 0 Å². The SMILES string of the molecule is CC(N)Cc1ccc(-n2cc(I)cn2)nc1. The van der Waals surface area contributed by atoms with Crippen molar-refractivity contribution in [1.82, 2.24) is 14.8 Å². The van der Waals surface area contributed by atoms with Gasteiger partial charge in [0.05, 0.1) is 9.77 Å². The molecule has 5 heteroatoms. The van der Waals surface area contributed by atoms with Crippen molar-refractivity contribution in [3.05, 3.63) is 39.9 Å². The Balaban J connectivity index is 2.19. The van der Waals surface area contributed by atoms with Crippen molar-refractivity contribution in [3.8, 4) is 5.82 Å². The maximum atomic E-state index is 5.73. The van der Waals surface area contributed by atoms with Gasteiger partial charge in [-0.3, -0.25) is 0 Å². The number of aromatic nitrogens is 3. The molecule has 2 N–H and O–H groups in total. The van der Waals surface area contributed by atoms with Crippen LogP contribution in [0.5, 0.6) is 0 Å². The third kappa shape index (κ3) is 2.79. The smallest absolute Gasteiger partial charge is 0.153 e. The molecular weight excluding hydrogens is 315 g/mol. The predicted octanol–water partition coefficient (Wildman–Crippen LogP) is 1.76. The Bertz CT molecular complexity index is 461. The van der Waals surface area contributed by atoms with Crippen molar-refractivity contribution < 1.29 is 0 Å². The van der Waals surface area contributed by atoms with Crippen molar-refractivity contribution in [2.45, 2.75) is 19.4 Å². The van der Waals surface area contributed by atoms with E-state index in [1.165, 1.54) is 0 Å². The lowest BCUT2D eigenvalue weighted by Gasteiger charge is -2.05. The van der Waals surface area contributed by atoms with Crippen LogP contribution in [0.3, 0.4) is 0 Å². The van der Waals surface area contributed by atoms with Crippen molar-refractivity contribution in [2.24, 2.45) is 5.73 Å². The molecule has 0 bridgehead atoms. The molecule has 0 amide bonds. The van der Waals surface area contributed by atoms with Gasteiger partial charge in [0, 0.05) is 18.4 Å². The summed E-state index contributed by atoms with van der Waals surface area (Å²) in [6.07, 6.45) is 6.45.